The Kier molecular flexibility index (Phi) is 4.96. The number of para-hydroxylation sites is 1. The molecule has 1 saturated heterocycles. The van der Waals surface area contributed by atoms with Gasteiger partial charge in [-0.05, 0) is 37.4 Å². The summed E-state index contributed by atoms with van der Waals surface area (Å²) in [6, 6.07) is 8.63. The van der Waals surface area contributed by atoms with Crippen molar-refractivity contribution in [2.45, 2.75) is 44.7 Å². The highest BCUT2D eigenvalue weighted by molar-refractivity contribution is 5.94. The Balaban J connectivity index is 1.74. The Labute approximate surface area is 137 Å². The summed E-state index contributed by atoms with van der Waals surface area (Å²) in [5.41, 5.74) is 2.25. The van der Waals surface area contributed by atoms with Crippen molar-refractivity contribution in [3.05, 3.63) is 29.8 Å². The number of benzene rings is 1. The Bertz CT molecular complexity index is 587. The van der Waals surface area contributed by atoms with Crippen LogP contribution in [0.1, 0.15) is 37.7 Å². The summed E-state index contributed by atoms with van der Waals surface area (Å²) < 4.78 is 4.64. The van der Waals surface area contributed by atoms with Gasteiger partial charge in [0.2, 0.25) is 5.91 Å². The fourth-order valence-corrected chi connectivity index (χ4v) is 3.60. The van der Waals surface area contributed by atoms with Crippen LogP contribution < -0.4 is 4.90 Å². The Morgan fingerprint density at radius 3 is 2.91 bits per heavy atom. The number of ether oxygens (including phenoxy) is 1. The van der Waals surface area contributed by atoms with Gasteiger partial charge in [-0.25, -0.2) is 0 Å². The lowest BCUT2D eigenvalue weighted by atomic mass is 10.1. The number of fused-ring (bicyclic) bond motifs is 2. The number of anilines is 1. The first-order chi connectivity index (χ1) is 11.2. The van der Waals surface area contributed by atoms with Gasteiger partial charge in [0.15, 0.2) is 0 Å². The zero-order valence-electron chi connectivity index (χ0n) is 13.7. The molecule has 0 saturated carbocycles. The van der Waals surface area contributed by atoms with E-state index in [-0.39, 0.29) is 11.9 Å². The number of esters is 1. The van der Waals surface area contributed by atoms with Gasteiger partial charge >= 0.3 is 5.97 Å². The van der Waals surface area contributed by atoms with Gasteiger partial charge in [0.05, 0.1) is 7.11 Å². The quantitative estimate of drug-likeness (QED) is 0.800. The average molecular weight is 316 g/mol. The van der Waals surface area contributed by atoms with Crippen LogP contribution >= 0.6 is 0 Å². The molecule has 1 aromatic carbocycles. The predicted octanol–water partition coefficient (Wildman–Crippen LogP) is 2.34. The molecule has 0 radical (unpaired) electrons. The van der Waals surface area contributed by atoms with Crippen molar-refractivity contribution in [3.8, 4) is 0 Å². The molecule has 23 heavy (non-hydrogen) atoms. The number of methoxy groups -OCH3 is 1. The molecule has 1 atom stereocenters. The van der Waals surface area contributed by atoms with Crippen molar-refractivity contribution in [2.75, 3.05) is 25.1 Å². The Hall–Kier alpha value is -1.88. The van der Waals surface area contributed by atoms with Crippen molar-refractivity contribution in [1.29, 1.82) is 0 Å². The van der Waals surface area contributed by atoms with Crippen molar-refractivity contribution in [1.82, 2.24) is 4.90 Å². The van der Waals surface area contributed by atoms with Gasteiger partial charge in [0, 0.05) is 37.7 Å². The molecule has 0 spiro atoms. The topological polar surface area (TPSA) is 49.9 Å². The van der Waals surface area contributed by atoms with Crippen LogP contribution in [-0.4, -0.2) is 43.0 Å². The molecule has 0 aliphatic carbocycles. The fraction of sp³-hybridized carbons (Fsp3) is 0.556. The van der Waals surface area contributed by atoms with Gasteiger partial charge in [-0.3, -0.25) is 14.5 Å². The second kappa shape index (κ2) is 7.13. The van der Waals surface area contributed by atoms with Crippen LogP contribution in [0.2, 0.25) is 0 Å². The minimum absolute atomic E-state index is 0.107. The van der Waals surface area contributed by atoms with E-state index in [1.165, 1.54) is 19.1 Å². The number of amides is 1. The van der Waals surface area contributed by atoms with Gasteiger partial charge in [-0.2, -0.15) is 0 Å². The number of hydrogen-bond donors (Lipinski definition) is 0. The monoisotopic (exact) mass is 316 g/mol. The third-order valence-electron chi connectivity index (χ3n) is 4.85. The smallest absolute Gasteiger partial charge is 0.305 e. The molecule has 0 bridgehead atoms. The summed E-state index contributed by atoms with van der Waals surface area (Å²) >= 11 is 0. The molecule has 2 aliphatic heterocycles. The maximum absolute atomic E-state index is 12.7. The maximum Gasteiger partial charge on any atom is 0.305 e. The summed E-state index contributed by atoms with van der Waals surface area (Å²) in [6.07, 6.45) is 3.58. The zero-order chi connectivity index (χ0) is 16.2. The lowest BCUT2D eigenvalue weighted by Gasteiger charge is -2.26. The van der Waals surface area contributed by atoms with E-state index in [0.29, 0.717) is 25.3 Å². The van der Waals surface area contributed by atoms with Gasteiger partial charge in [-0.1, -0.05) is 18.2 Å². The molecule has 2 heterocycles. The summed E-state index contributed by atoms with van der Waals surface area (Å²) in [5.74, 6) is -0.147. The van der Waals surface area contributed by atoms with Crippen molar-refractivity contribution >= 4 is 17.6 Å². The SMILES string of the molecule is COC(=O)CCCC(=O)N1C[C@@H]2CCCN2Cc2ccccc21. The van der Waals surface area contributed by atoms with E-state index in [9.17, 15) is 9.59 Å². The van der Waals surface area contributed by atoms with E-state index in [1.54, 1.807) is 0 Å². The second-order valence-electron chi connectivity index (χ2n) is 6.33. The molecule has 1 aromatic rings. The van der Waals surface area contributed by atoms with E-state index in [4.69, 9.17) is 0 Å². The van der Waals surface area contributed by atoms with Crippen LogP contribution in [0.3, 0.4) is 0 Å². The molecule has 0 aromatic heterocycles. The van der Waals surface area contributed by atoms with E-state index < -0.39 is 0 Å². The first kappa shape index (κ1) is 16.0. The highest BCUT2D eigenvalue weighted by Gasteiger charge is 2.33. The molecular weight excluding hydrogens is 292 g/mol. The number of carbonyl (C=O) groups is 2. The lowest BCUT2D eigenvalue weighted by molar-refractivity contribution is -0.140. The predicted molar refractivity (Wildman–Crippen MR) is 88.1 cm³/mol. The largest absolute Gasteiger partial charge is 0.469 e. The minimum atomic E-state index is -0.254. The Morgan fingerprint density at radius 1 is 1.26 bits per heavy atom. The number of nitrogens with zero attached hydrogens (tertiary/aromatic N) is 2. The maximum atomic E-state index is 12.7. The Morgan fingerprint density at radius 2 is 2.09 bits per heavy atom. The zero-order valence-corrected chi connectivity index (χ0v) is 13.7. The normalized spacial score (nSPS) is 20.6. The van der Waals surface area contributed by atoms with Gasteiger partial charge < -0.3 is 9.64 Å². The molecule has 5 nitrogen and oxygen atoms in total. The van der Waals surface area contributed by atoms with Crippen LogP contribution in [-0.2, 0) is 20.9 Å². The molecule has 1 amide bonds. The van der Waals surface area contributed by atoms with Gasteiger partial charge in [-0.15, -0.1) is 0 Å². The molecule has 0 unspecified atom stereocenters. The van der Waals surface area contributed by atoms with E-state index in [1.807, 2.05) is 23.1 Å². The highest BCUT2D eigenvalue weighted by Crippen LogP contribution is 2.31. The number of rotatable bonds is 4. The average Bonchev–Trinajstić information content (AvgIpc) is 2.93. The molecule has 1 fully saturated rings. The van der Waals surface area contributed by atoms with Crippen LogP contribution in [0.5, 0.6) is 0 Å². The molecule has 3 rings (SSSR count). The molecule has 0 N–H and O–H groups in total. The fourth-order valence-electron chi connectivity index (χ4n) is 3.60. The second-order valence-corrected chi connectivity index (χ2v) is 6.33. The van der Waals surface area contributed by atoms with Gasteiger partial charge in [0.25, 0.3) is 0 Å². The first-order valence-corrected chi connectivity index (χ1v) is 8.38. The summed E-state index contributed by atoms with van der Waals surface area (Å²) in [5, 5.41) is 0. The lowest BCUT2D eigenvalue weighted by Crippen LogP contribution is -2.40. The standard InChI is InChI=1S/C18H24N2O3/c1-23-18(22)10-4-9-17(21)20-13-15-7-5-11-19(15)12-14-6-2-3-8-16(14)20/h2-3,6,8,15H,4-5,7,9-13H2,1H3/t15-/m0/s1. The first-order valence-electron chi connectivity index (χ1n) is 8.38. The summed E-state index contributed by atoms with van der Waals surface area (Å²) in [7, 11) is 1.38. The summed E-state index contributed by atoms with van der Waals surface area (Å²) in [6.45, 7) is 2.80. The van der Waals surface area contributed by atoms with Crippen LogP contribution in [0, 0.1) is 0 Å². The van der Waals surface area contributed by atoms with E-state index in [0.717, 1.165) is 31.7 Å². The highest BCUT2D eigenvalue weighted by atomic mass is 16.5. The molecular formula is C18H24N2O3. The summed E-state index contributed by atoms with van der Waals surface area (Å²) in [4.78, 5) is 28.4. The minimum Gasteiger partial charge on any atom is -0.469 e. The number of carbonyl (C=O) groups excluding carboxylic acids is 2. The van der Waals surface area contributed by atoms with Crippen LogP contribution in [0.4, 0.5) is 5.69 Å². The van der Waals surface area contributed by atoms with Gasteiger partial charge in [0.1, 0.15) is 0 Å². The third-order valence-corrected chi connectivity index (χ3v) is 4.85. The molecule has 5 heteroatoms. The van der Waals surface area contributed by atoms with Crippen LogP contribution in [0.15, 0.2) is 24.3 Å². The van der Waals surface area contributed by atoms with E-state index in [2.05, 4.69) is 15.7 Å². The van der Waals surface area contributed by atoms with Crippen molar-refractivity contribution < 1.29 is 14.3 Å². The molecule has 124 valence electrons. The van der Waals surface area contributed by atoms with Crippen molar-refractivity contribution in [3.63, 3.8) is 0 Å². The number of hydrogen-bond acceptors (Lipinski definition) is 4. The van der Waals surface area contributed by atoms with E-state index >= 15 is 0 Å². The van der Waals surface area contributed by atoms with Crippen LogP contribution in [0.25, 0.3) is 0 Å². The van der Waals surface area contributed by atoms with Crippen molar-refractivity contribution in [2.24, 2.45) is 0 Å². The molecule has 2 aliphatic rings. The third kappa shape index (κ3) is 3.55.